The summed E-state index contributed by atoms with van der Waals surface area (Å²) in [5, 5.41) is 2.86. The molecule has 0 saturated heterocycles. The number of hydrogen-bond acceptors (Lipinski definition) is 7. The van der Waals surface area contributed by atoms with E-state index in [1.54, 1.807) is 61.6 Å². The van der Waals surface area contributed by atoms with Gasteiger partial charge in [-0.3, -0.25) is 14.4 Å². The van der Waals surface area contributed by atoms with Gasteiger partial charge in [-0.1, -0.05) is 25.1 Å². The van der Waals surface area contributed by atoms with Crippen LogP contribution in [0.4, 0.5) is 5.69 Å². The Balaban J connectivity index is 1.54. The first-order chi connectivity index (χ1) is 18.8. The maximum absolute atomic E-state index is 13.3. The Morgan fingerprint density at radius 2 is 1.77 bits per heavy atom. The van der Waals surface area contributed by atoms with Gasteiger partial charge in [0.05, 0.1) is 19.8 Å². The average Bonchev–Trinajstić information content (AvgIpc) is 3.07. The Kier molecular flexibility index (Phi) is 8.70. The molecule has 0 radical (unpaired) electrons. The second-order valence-corrected chi connectivity index (χ2v) is 9.08. The van der Waals surface area contributed by atoms with E-state index in [4.69, 9.17) is 18.9 Å². The molecule has 2 amide bonds. The number of methoxy groups -OCH3 is 2. The minimum Gasteiger partial charge on any atom is -0.493 e. The van der Waals surface area contributed by atoms with Crippen molar-refractivity contribution in [3.05, 3.63) is 77.4 Å². The fraction of sp³-hybridized carbons (Fsp3) is 0.300. The quantitative estimate of drug-likeness (QED) is 0.317. The molecule has 9 heteroatoms. The standard InChI is InChI=1S/C30H32N2O7/c1-5-24-30(35)32(15-14-20-10-12-27(36-3)28(16-20)37-4)18-21-17-22(11-13-25(21)39-24)31-29(34)23-8-6-7-9-26(23)38-19(2)33/h6-13,16-17,24H,5,14-15,18H2,1-4H3,(H,31,34). The maximum atomic E-state index is 13.3. The maximum Gasteiger partial charge on any atom is 0.308 e. The molecule has 0 fully saturated rings. The smallest absolute Gasteiger partial charge is 0.308 e. The van der Waals surface area contributed by atoms with Gasteiger partial charge in [-0.05, 0) is 60.9 Å². The van der Waals surface area contributed by atoms with Crippen molar-refractivity contribution in [2.24, 2.45) is 0 Å². The zero-order valence-electron chi connectivity index (χ0n) is 22.5. The highest BCUT2D eigenvalue weighted by Crippen LogP contribution is 2.31. The summed E-state index contributed by atoms with van der Waals surface area (Å²) in [5.41, 5.74) is 2.54. The molecule has 3 aromatic rings. The second kappa shape index (κ2) is 12.3. The molecular weight excluding hydrogens is 500 g/mol. The molecular formula is C30H32N2O7. The van der Waals surface area contributed by atoms with Crippen LogP contribution in [0.3, 0.4) is 0 Å². The largest absolute Gasteiger partial charge is 0.493 e. The van der Waals surface area contributed by atoms with Gasteiger partial charge in [0.2, 0.25) is 0 Å². The van der Waals surface area contributed by atoms with Crippen LogP contribution in [0.25, 0.3) is 0 Å². The van der Waals surface area contributed by atoms with Crippen molar-refractivity contribution < 1.29 is 33.3 Å². The number of fused-ring (bicyclic) bond motifs is 1. The molecule has 1 aliphatic heterocycles. The fourth-order valence-corrected chi connectivity index (χ4v) is 4.43. The van der Waals surface area contributed by atoms with Gasteiger partial charge in [0.1, 0.15) is 11.5 Å². The number of anilines is 1. The minimum absolute atomic E-state index is 0.0879. The van der Waals surface area contributed by atoms with Crippen molar-refractivity contribution in [2.75, 3.05) is 26.1 Å². The number of amides is 2. The molecule has 1 N–H and O–H groups in total. The molecule has 0 bridgehead atoms. The third-order valence-electron chi connectivity index (χ3n) is 6.41. The molecule has 1 unspecified atom stereocenters. The summed E-state index contributed by atoms with van der Waals surface area (Å²) >= 11 is 0. The van der Waals surface area contributed by atoms with E-state index < -0.39 is 18.0 Å². The molecule has 0 aliphatic carbocycles. The molecule has 204 valence electrons. The first-order valence-corrected chi connectivity index (χ1v) is 12.7. The fourth-order valence-electron chi connectivity index (χ4n) is 4.43. The number of rotatable bonds is 9. The van der Waals surface area contributed by atoms with E-state index in [9.17, 15) is 14.4 Å². The van der Waals surface area contributed by atoms with Crippen molar-refractivity contribution in [3.63, 3.8) is 0 Å². The van der Waals surface area contributed by atoms with Crippen LogP contribution in [0.2, 0.25) is 0 Å². The number of ether oxygens (including phenoxy) is 4. The van der Waals surface area contributed by atoms with Gasteiger partial charge in [-0.15, -0.1) is 0 Å². The topological polar surface area (TPSA) is 103 Å². The Bertz CT molecular complexity index is 1370. The van der Waals surface area contributed by atoms with Crippen molar-refractivity contribution in [1.29, 1.82) is 0 Å². The van der Waals surface area contributed by atoms with Gasteiger partial charge >= 0.3 is 5.97 Å². The van der Waals surface area contributed by atoms with E-state index >= 15 is 0 Å². The van der Waals surface area contributed by atoms with Crippen LogP contribution in [-0.4, -0.2) is 49.6 Å². The van der Waals surface area contributed by atoms with Crippen molar-refractivity contribution in [1.82, 2.24) is 4.90 Å². The summed E-state index contributed by atoms with van der Waals surface area (Å²) in [6.07, 6.45) is 0.533. The van der Waals surface area contributed by atoms with E-state index in [0.29, 0.717) is 48.9 Å². The number of para-hydroxylation sites is 1. The summed E-state index contributed by atoms with van der Waals surface area (Å²) in [7, 11) is 3.18. The number of esters is 1. The van der Waals surface area contributed by atoms with E-state index in [0.717, 1.165) is 11.1 Å². The number of nitrogens with one attached hydrogen (secondary N) is 1. The first-order valence-electron chi connectivity index (χ1n) is 12.7. The SMILES string of the molecule is CCC1Oc2ccc(NC(=O)c3ccccc3OC(C)=O)cc2CN(CCc2ccc(OC)c(OC)c2)C1=O. The number of carbonyl (C=O) groups is 3. The van der Waals surface area contributed by atoms with Crippen LogP contribution in [0.15, 0.2) is 60.7 Å². The van der Waals surface area contributed by atoms with Gasteiger partial charge in [0.15, 0.2) is 17.6 Å². The number of hydrogen-bond donors (Lipinski definition) is 1. The van der Waals surface area contributed by atoms with Gasteiger partial charge < -0.3 is 29.2 Å². The molecule has 9 nitrogen and oxygen atoms in total. The van der Waals surface area contributed by atoms with Crippen LogP contribution in [0, 0.1) is 0 Å². The average molecular weight is 533 g/mol. The lowest BCUT2D eigenvalue weighted by Gasteiger charge is -2.23. The van der Waals surface area contributed by atoms with Crippen molar-refractivity contribution in [2.45, 2.75) is 39.3 Å². The lowest BCUT2D eigenvalue weighted by Crippen LogP contribution is -2.40. The number of nitrogens with zero attached hydrogens (tertiary/aromatic N) is 1. The molecule has 39 heavy (non-hydrogen) atoms. The van der Waals surface area contributed by atoms with Crippen LogP contribution < -0.4 is 24.3 Å². The molecule has 1 heterocycles. The highest BCUT2D eigenvalue weighted by molar-refractivity contribution is 6.06. The van der Waals surface area contributed by atoms with E-state index in [2.05, 4.69) is 5.32 Å². The van der Waals surface area contributed by atoms with Crippen LogP contribution in [-0.2, 0) is 22.6 Å². The van der Waals surface area contributed by atoms with Crippen LogP contribution in [0.5, 0.6) is 23.0 Å². The number of carbonyl (C=O) groups excluding carboxylic acids is 3. The Morgan fingerprint density at radius 1 is 1.00 bits per heavy atom. The van der Waals surface area contributed by atoms with E-state index in [-0.39, 0.29) is 17.2 Å². The van der Waals surface area contributed by atoms with Gasteiger partial charge in [-0.2, -0.15) is 0 Å². The third kappa shape index (κ3) is 6.49. The van der Waals surface area contributed by atoms with Gasteiger partial charge in [-0.25, -0.2) is 0 Å². The summed E-state index contributed by atoms with van der Waals surface area (Å²) in [6.45, 7) is 3.99. The highest BCUT2D eigenvalue weighted by atomic mass is 16.5. The Hall–Kier alpha value is -4.53. The van der Waals surface area contributed by atoms with Crippen LogP contribution >= 0.6 is 0 Å². The molecule has 1 aliphatic rings. The molecule has 0 spiro atoms. The van der Waals surface area contributed by atoms with Crippen molar-refractivity contribution >= 4 is 23.5 Å². The molecule has 0 aromatic heterocycles. The molecule has 4 rings (SSSR count). The lowest BCUT2D eigenvalue weighted by atomic mass is 10.1. The summed E-state index contributed by atoms with van der Waals surface area (Å²) < 4.78 is 22.0. The zero-order valence-corrected chi connectivity index (χ0v) is 22.5. The minimum atomic E-state index is -0.604. The van der Waals surface area contributed by atoms with E-state index in [1.165, 1.54) is 6.92 Å². The Labute approximate surface area is 227 Å². The zero-order chi connectivity index (χ0) is 27.9. The highest BCUT2D eigenvalue weighted by Gasteiger charge is 2.30. The van der Waals surface area contributed by atoms with Gasteiger partial charge in [0, 0.05) is 31.3 Å². The van der Waals surface area contributed by atoms with E-state index in [1.807, 2.05) is 25.1 Å². The summed E-state index contributed by atoms with van der Waals surface area (Å²) in [5.74, 6) is 1.03. The molecule has 1 atom stereocenters. The summed E-state index contributed by atoms with van der Waals surface area (Å²) in [4.78, 5) is 39.5. The third-order valence-corrected chi connectivity index (χ3v) is 6.41. The normalized spacial score (nSPS) is 14.5. The predicted octanol–water partition coefficient (Wildman–Crippen LogP) is 4.62. The lowest BCUT2D eigenvalue weighted by molar-refractivity contribution is -0.138. The number of benzene rings is 3. The monoisotopic (exact) mass is 532 g/mol. The predicted molar refractivity (Wildman–Crippen MR) is 146 cm³/mol. The van der Waals surface area contributed by atoms with Crippen molar-refractivity contribution in [3.8, 4) is 23.0 Å². The first kappa shape index (κ1) is 27.5. The second-order valence-electron chi connectivity index (χ2n) is 9.08. The van der Waals surface area contributed by atoms with Crippen LogP contribution in [0.1, 0.15) is 41.8 Å². The summed E-state index contributed by atoms with van der Waals surface area (Å²) in [6, 6.07) is 17.5. The molecule has 3 aromatic carbocycles. The Morgan fingerprint density at radius 3 is 2.49 bits per heavy atom. The molecule has 0 saturated carbocycles. The van der Waals surface area contributed by atoms with Gasteiger partial charge in [0.25, 0.3) is 11.8 Å².